The fourth-order valence-electron chi connectivity index (χ4n) is 2.38. The minimum absolute atomic E-state index is 0.00234. The lowest BCUT2D eigenvalue weighted by molar-refractivity contribution is -0.129. The number of fused-ring (bicyclic) bond motifs is 2. The largest absolute Gasteiger partial charge is 0.471 e. The van der Waals surface area contributed by atoms with Crippen LogP contribution in [0.1, 0.15) is 18.4 Å². The van der Waals surface area contributed by atoms with Crippen LogP contribution >= 0.6 is 11.6 Å². The molecule has 0 bridgehead atoms. The Morgan fingerprint density at radius 1 is 1.47 bits per heavy atom. The molecule has 2 heterocycles. The molecule has 0 saturated carbocycles. The van der Waals surface area contributed by atoms with Gasteiger partial charge in [-0.25, -0.2) is 4.99 Å². The van der Waals surface area contributed by atoms with Crippen molar-refractivity contribution in [1.29, 1.82) is 0 Å². The molecule has 1 aromatic rings. The zero-order chi connectivity index (χ0) is 11.9. The first kappa shape index (κ1) is 10.6. The lowest BCUT2D eigenvalue weighted by atomic mass is 9.83. The number of ether oxygens (including phenoxy) is 1. The van der Waals surface area contributed by atoms with Gasteiger partial charge in [-0.3, -0.25) is 4.79 Å². The summed E-state index contributed by atoms with van der Waals surface area (Å²) >= 11 is 6.01. The summed E-state index contributed by atoms with van der Waals surface area (Å²) in [5.41, 5.74) is 1.14. The fourth-order valence-corrected chi connectivity index (χ4v) is 2.55. The molecule has 88 valence electrons. The Hall–Kier alpha value is -1.55. The van der Waals surface area contributed by atoms with Gasteiger partial charge in [0.2, 0.25) is 5.91 Å². The van der Waals surface area contributed by atoms with Crippen LogP contribution in [-0.4, -0.2) is 18.9 Å². The number of piperidine rings is 1. The predicted octanol–water partition coefficient (Wildman–Crippen LogP) is 2.14. The highest BCUT2D eigenvalue weighted by atomic mass is 35.5. The zero-order valence-electron chi connectivity index (χ0n) is 9.07. The molecule has 2 aliphatic rings. The van der Waals surface area contributed by atoms with Crippen LogP contribution in [0.25, 0.3) is 0 Å². The number of aliphatic imine (C=N–C) groups is 1. The highest BCUT2D eigenvalue weighted by Crippen LogP contribution is 2.43. The smallest absolute Gasteiger partial charge is 0.224 e. The van der Waals surface area contributed by atoms with Crippen molar-refractivity contribution in [3.63, 3.8) is 0 Å². The summed E-state index contributed by atoms with van der Waals surface area (Å²) in [5, 5.41) is 3.44. The van der Waals surface area contributed by atoms with E-state index in [1.54, 1.807) is 6.07 Å². The summed E-state index contributed by atoms with van der Waals surface area (Å²) in [6.07, 6.45) is 2.47. The predicted molar refractivity (Wildman–Crippen MR) is 64.6 cm³/mol. The van der Waals surface area contributed by atoms with E-state index in [0.29, 0.717) is 18.0 Å². The van der Waals surface area contributed by atoms with Gasteiger partial charge in [-0.1, -0.05) is 11.6 Å². The summed E-state index contributed by atoms with van der Waals surface area (Å²) in [4.78, 5) is 15.7. The number of nitrogens with one attached hydrogen (secondary N) is 1. The van der Waals surface area contributed by atoms with Gasteiger partial charge in [-0.05, 0) is 18.2 Å². The highest BCUT2D eigenvalue weighted by molar-refractivity contribution is 6.30. The number of rotatable bonds is 0. The number of hydrogen-bond donors (Lipinski definition) is 1. The highest BCUT2D eigenvalue weighted by Gasteiger charge is 2.42. The molecule has 1 amide bonds. The van der Waals surface area contributed by atoms with Gasteiger partial charge in [0, 0.05) is 23.6 Å². The van der Waals surface area contributed by atoms with Gasteiger partial charge < -0.3 is 10.1 Å². The van der Waals surface area contributed by atoms with Crippen LogP contribution in [0.4, 0.5) is 5.69 Å². The van der Waals surface area contributed by atoms with Crippen LogP contribution in [0.2, 0.25) is 5.02 Å². The number of halogens is 1. The van der Waals surface area contributed by atoms with Gasteiger partial charge in [-0.2, -0.15) is 0 Å². The number of amides is 1. The lowest BCUT2D eigenvalue weighted by Crippen LogP contribution is -2.45. The number of hydrogen-bond acceptors (Lipinski definition) is 3. The molecule has 0 aromatic heterocycles. The summed E-state index contributed by atoms with van der Waals surface area (Å²) in [5.74, 6) is -0.00234. The molecule has 4 nitrogen and oxygen atoms in total. The second-order valence-corrected chi connectivity index (χ2v) is 4.72. The zero-order valence-corrected chi connectivity index (χ0v) is 9.83. The van der Waals surface area contributed by atoms with Gasteiger partial charge in [-0.15, -0.1) is 0 Å². The SMILES string of the molecule is O=C1CC2(CCN1)OC=Nc1ccc(Cl)cc12. The molecular weight excluding hydrogens is 240 g/mol. The molecule has 1 atom stereocenters. The van der Waals surface area contributed by atoms with Crippen molar-refractivity contribution in [1.82, 2.24) is 5.32 Å². The average Bonchev–Trinajstić information content (AvgIpc) is 2.30. The van der Waals surface area contributed by atoms with Crippen molar-refractivity contribution < 1.29 is 9.53 Å². The van der Waals surface area contributed by atoms with Gasteiger partial charge in [0.05, 0.1) is 12.1 Å². The molecule has 2 aliphatic heterocycles. The maximum Gasteiger partial charge on any atom is 0.224 e. The van der Waals surface area contributed by atoms with Crippen molar-refractivity contribution in [3.05, 3.63) is 28.8 Å². The van der Waals surface area contributed by atoms with Crippen LogP contribution in [0.5, 0.6) is 0 Å². The third kappa shape index (κ3) is 1.69. The van der Waals surface area contributed by atoms with Crippen molar-refractivity contribution in [2.24, 2.45) is 4.99 Å². The molecule has 3 rings (SSSR count). The Labute approximate surface area is 104 Å². The average molecular weight is 251 g/mol. The first-order valence-corrected chi connectivity index (χ1v) is 5.84. The van der Waals surface area contributed by atoms with E-state index in [2.05, 4.69) is 10.3 Å². The third-order valence-corrected chi connectivity index (χ3v) is 3.45. The molecule has 17 heavy (non-hydrogen) atoms. The fraction of sp³-hybridized carbons (Fsp3) is 0.333. The number of carbonyl (C=O) groups is 1. The van der Waals surface area contributed by atoms with Crippen molar-refractivity contribution in [3.8, 4) is 0 Å². The number of carbonyl (C=O) groups excluding carboxylic acids is 1. The van der Waals surface area contributed by atoms with E-state index in [0.717, 1.165) is 17.7 Å². The van der Waals surface area contributed by atoms with Crippen LogP contribution in [-0.2, 0) is 15.1 Å². The number of nitrogens with zero attached hydrogens (tertiary/aromatic N) is 1. The first-order chi connectivity index (χ1) is 8.20. The molecule has 1 N–H and O–H groups in total. The van der Waals surface area contributed by atoms with E-state index in [9.17, 15) is 4.79 Å². The Bertz CT molecular complexity index is 515. The molecule has 1 aromatic carbocycles. The molecule has 1 fully saturated rings. The van der Waals surface area contributed by atoms with Crippen molar-refractivity contribution >= 4 is 29.6 Å². The second kappa shape index (κ2) is 3.74. The van der Waals surface area contributed by atoms with Crippen molar-refractivity contribution in [2.75, 3.05) is 6.54 Å². The van der Waals surface area contributed by atoms with E-state index >= 15 is 0 Å². The van der Waals surface area contributed by atoms with Gasteiger partial charge >= 0.3 is 0 Å². The maximum atomic E-state index is 11.6. The summed E-state index contributed by atoms with van der Waals surface area (Å²) in [6, 6.07) is 5.48. The van der Waals surface area contributed by atoms with Gasteiger partial charge in [0.1, 0.15) is 5.60 Å². The van der Waals surface area contributed by atoms with Crippen LogP contribution < -0.4 is 5.32 Å². The lowest BCUT2D eigenvalue weighted by Gasteiger charge is -2.38. The molecular formula is C12H11ClN2O2. The molecule has 0 aliphatic carbocycles. The van der Waals surface area contributed by atoms with E-state index in [4.69, 9.17) is 16.3 Å². The van der Waals surface area contributed by atoms with E-state index in [1.807, 2.05) is 12.1 Å². The van der Waals surface area contributed by atoms with Gasteiger partial charge in [0.25, 0.3) is 0 Å². The maximum absolute atomic E-state index is 11.6. The van der Waals surface area contributed by atoms with E-state index in [1.165, 1.54) is 6.40 Å². The summed E-state index contributed by atoms with van der Waals surface area (Å²) in [6.45, 7) is 0.610. The Balaban J connectivity index is 2.11. The molecule has 1 spiro atoms. The summed E-state index contributed by atoms with van der Waals surface area (Å²) in [7, 11) is 0. The van der Waals surface area contributed by atoms with Crippen LogP contribution in [0.15, 0.2) is 23.2 Å². The molecule has 0 radical (unpaired) electrons. The molecule has 1 saturated heterocycles. The minimum atomic E-state index is -0.593. The Morgan fingerprint density at radius 2 is 2.35 bits per heavy atom. The standard InChI is InChI=1S/C12H11ClN2O2/c13-8-1-2-10-9(5-8)12(17-7-15-10)3-4-14-11(16)6-12/h1-2,5,7H,3-4,6H2,(H,14,16). The minimum Gasteiger partial charge on any atom is -0.471 e. The van der Waals surface area contributed by atoms with E-state index in [-0.39, 0.29) is 5.91 Å². The Morgan fingerprint density at radius 3 is 3.18 bits per heavy atom. The topological polar surface area (TPSA) is 50.7 Å². The Kier molecular flexibility index (Phi) is 2.33. The molecule has 1 unspecified atom stereocenters. The molecule has 5 heteroatoms. The first-order valence-electron chi connectivity index (χ1n) is 5.47. The normalized spacial score (nSPS) is 26.3. The van der Waals surface area contributed by atoms with Gasteiger partial charge in [0.15, 0.2) is 6.40 Å². The van der Waals surface area contributed by atoms with Crippen molar-refractivity contribution in [2.45, 2.75) is 18.4 Å². The monoisotopic (exact) mass is 250 g/mol. The van der Waals surface area contributed by atoms with E-state index < -0.39 is 5.60 Å². The number of benzene rings is 1. The van der Waals surface area contributed by atoms with Crippen LogP contribution in [0.3, 0.4) is 0 Å². The second-order valence-electron chi connectivity index (χ2n) is 4.28. The third-order valence-electron chi connectivity index (χ3n) is 3.22. The summed E-state index contributed by atoms with van der Waals surface area (Å²) < 4.78 is 5.65. The van der Waals surface area contributed by atoms with Crippen LogP contribution in [0, 0.1) is 0 Å². The quantitative estimate of drug-likeness (QED) is 0.767.